The van der Waals surface area contributed by atoms with Crippen molar-refractivity contribution >= 4 is 0 Å². The number of hydrogen-bond donors (Lipinski definition) is 0. The van der Waals surface area contributed by atoms with E-state index in [2.05, 4.69) is 10.2 Å². The second-order valence-corrected chi connectivity index (χ2v) is 1.65. The molecule has 0 N–H and O–H groups in total. The first kappa shape index (κ1) is 6.22. The molecule has 0 spiro atoms. The lowest BCUT2D eigenvalue weighted by Crippen LogP contribution is -1.95. The minimum Gasteiger partial charge on any atom is -0.425 e. The fraction of sp³-hybridized carbons (Fsp3) is 0.600. The van der Waals surface area contributed by atoms with Gasteiger partial charge in [-0.1, -0.05) is 0 Å². The van der Waals surface area contributed by atoms with E-state index in [1.807, 2.05) is 6.92 Å². The summed E-state index contributed by atoms with van der Waals surface area (Å²) >= 11 is 0. The lowest BCUT2D eigenvalue weighted by atomic mass is 10.4. The van der Waals surface area contributed by atoms with Crippen LogP contribution in [-0.2, 0) is 4.74 Å². The molecule has 0 fully saturated rings. The molecule has 9 heavy (non-hydrogen) atoms. The van der Waals surface area contributed by atoms with E-state index in [9.17, 15) is 0 Å². The Balaban J connectivity index is 2.65. The van der Waals surface area contributed by atoms with Crippen LogP contribution in [0.1, 0.15) is 18.9 Å². The smallest absolute Gasteiger partial charge is 0.244 e. The van der Waals surface area contributed by atoms with Gasteiger partial charge in [0, 0.05) is 7.11 Å². The monoisotopic (exact) mass is 128 g/mol. The lowest BCUT2D eigenvalue weighted by Gasteiger charge is -2.00. The normalized spacial score (nSPS) is 13.6. The number of rotatable bonds is 2. The Bertz CT molecular complexity index is 161. The Morgan fingerprint density at radius 1 is 1.78 bits per heavy atom. The molecule has 0 amide bonds. The van der Waals surface area contributed by atoms with E-state index in [-0.39, 0.29) is 6.10 Å². The van der Waals surface area contributed by atoms with Crippen molar-refractivity contribution < 1.29 is 9.15 Å². The van der Waals surface area contributed by atoms with E-state index in [1.165, 1.54) is 6.39 Å². The van der Waals surface area contributed by atoms with E-state index in [4.69, 9.17) is 9.15 Å². The molecule has 0 radical (unpaired) electrons. The van der Waals surface area contributed by atoms with Gasteiger partial charge in [-0.05, 0) is 6.92 Å². The SMILES string of the molecule is COC(C)c1nnco1. The van der Waals surface area contributed by atoms with Crippen LogP contribution in [0.2, 0.25) is 0 Å². The number of ether oxygens (including phenoxy) is 1. The molecule has 1 rings (SSSR count). The average Bonchev–Trinajstić information content (AvgIpc) is 2.37. The topological polar surface area (TPSA) is 48.2 Å². The molecule has 0 aliphatic heterocycles. The van der Waals surface area contributed by atoms with Crippen molar-refractivity contribution in [3.8, 4) is 0 Å². The zero-order valence-electron chi connectivity index (χ0n) is 5.37. The third-order valence-corrected chi connectivity index (χ3v) is 1.08. The van der Waals surface area contributed by atoms with E-state index in [0.717, 1.165) is 0 Å². The highest BCUT2D eigenvalue weighted by atomic mass is 16.5. The second kappa shape index (κ2) is 2.59. The second-order valence-electron chi connectivity index (χ2n) is 1.65. The molecule has 4 nitrogen and oxygen atoms in total. The van der Waals surface area contributed by atoms with E-state index in [1.54, 1.807) is 7.11 Å². The fourth-order valence-corrected chi connectivity index (χ4v) is 0.460. The molecule has 4 heteroatoms. The number of aromatic nitrogens is 2. The summed E-state index contributed by atoms with van der Waals surface area (Å²) in [7, 11) is 1.59. The van der Waals surface area contributed by atoms with Gasteiger partial charge in [-0.3, -0.25) is 0 Å². The van der Waals surface area contributed by atoms with Gasteiger partial charge >= 0.3 is 0 Å². The van der Waals surface area contributed by atoms with Gasteiger partial charge in [-0.2, -0.15) is 0 Å². The molecule has 1 aromatic heterocycles. The third-order valence-electron chi connectivity index (χ3n) is 1.08. The Labute approximate surface area is 52.8 Å². The fourth-order valence-electron chi connectivity index (χ4n) is 0.460. The van der Waals surface area contributed by atoms with Crippen molar-refractivity contribution in [2.45, 2.75) is 13.0 Å². The summed E-state index contributed by atoms with van der Waals surface area (Å²) in [5, 5.41) is 7.14. The van der Waals surface area contributed by atoms with Crippen LogP contribution in [0.3, 0.4) is 0 Å². The molecule has 0 bridgehead atoms. The van der Waals surface area contributed by atoms with Crippen LogP contribution in [0.15, 0.2) is 10.8 Å². The Morgan fingerprint density at radius 2 is 2.56 bits per heavy atom. The summed E-state index contributed by atoms with van der Waals surface area (Å²) in [6.07, 6.45) is 1.18. The minimum atomic E-state index is -0.104. The summed E-state index contributed by atoms with van der Waals surface area (Å²) in [6.45, 7) is 1.84. The molecule has 1 unspecified atom stereocenters. The minimum absolute atomic E-state index is 0.104. The highest BCUT2D eigenvalue weighted by Gasteiger charge is 2.07. The van der Waals surface area contributed by atoms with Crippen molar-refractivity contribution in [2.24, 2.45) is 0 Å². The maximum atomic E-state index is 4.90. The number of nitrogens with zero attached hydrogens (tertiary/aromatic N) is 2. The van der Waals surface area contributed by atoms with Crippen LogP contribution in [0, 0.1) is 0 Å². The molecule has 1 heterocycles. The summed E-state index contributed by atoms with van der Waals surface area (Å²) in [4.78, 5) is 0. The molecule has 1 atom stereocenters. The molecule has 0 aliphatic rings. The Kier molecular flexibility index (Phi) is 1.79. The van der Waals surface area contributed by atoms with Crippen molar-refractivity contribution in [2.75, 3.05) is 7.11 Å². The summed E-state index contributed by atoms with van der Waals surface area (Å²) < 4.78 is 9.74. The maximum Gasteiger partial charge on any atom is 0.244 e. The van der Waals surface area contributed by atoms with E-state index < -0.39 is 0 Å². The summed E-state index contributed by atoms with van der Waals surface area (Å²) in [5.41, 5.74) is 0. The van der Waals surface area contributed by atoms with Gasteiger partial charge in [-0.25, -0.2) is 0 Å². The molecular weight excluding hydrogens is 120 g/mol. The standard InChI is InChI=1S/C5H8N2O2/c1-4(8-2)5-7-6-3-9-5/h3-4H,1-2H3. The predicted octanol–water partition coefficient (Wildman–Crippen LogP) is 0.777. The molecule has 0 saturated carbocycles. The highest BCUT2D eigenvalue weighted by molar-refractivity contribution is 4.77. The number of methoxy groups -OCH3 is 1. The first-order valence-corrected chi connectivity index (χ1v) is 2.63. The van der Waals surface area contributed by atoms with Gasteiger partial charge in [0.15, 0.2) is 0 Å². The van der Waals surface area contributed by atoms with Crippen LogP contribution in [-0.4, -0.2) is 17.3 Å². The largest absolute Gasteiger partial charge is 0.425 e. The van der Waals surface area contributed by atoms with Crippen LogP contribution in [0.25, 0.3) is 0 Å². The predicted molar refractivity (Wildman–Crippen MR) is 29.7 cm³/mol. The van der Waals surface area contributed by atoms with Crippen LogP contribution in [0.5, 0.6) is 0 Å². The van der Waals surface area contributed by atoms with Crippen LogP contribution in [0.4, 0.5) is 0 Å². The maximum absolute atomic E-state index is 4.90. The van der Waals surface area contributed by atoms with Crippen molar-refractivity contribution in [3.05, 3.63) is 12.3 Å². The molecular formula is C5H8N2O2. The zero-order valence-corrected chi connectivity index (χ0v) is 5.37. The first-order chi connectivity index (χ1) is 4.34. The third kappa shape index (κ3) is 1.26. The summed E-state index contributed by atoms with van der Waals surface area (Å²) in [5.74, 6) is 0.512. The quantitative estimate of drug-likeness (QED) is 0.590. The molecule has 0 saturated heterocycles. The van der Waals surface area contributed by atoms with E-state index >= 15 is 0 Å². The molecule has 1 aromatic rings. The molecule has 50 valence electrons. The zero-order chi connectivity index (χ0) is 6.69. The van der Waals surface area contributed by atoms with Crippen molar-refractivity contribution in [3.63, 3.8) is 0 Å². The van der Waals surface area contributed by atoms with Gasteiger partial charge in [0.25, 0.3) is 0 Å². The van der Waals surface area contributed by atoms with Gasteiger partial charge in [0.05, 0.1) is 0 Å². The van der Waals surface area contributed by atoms with Gasteiger partial charge in [0.2, 0.25) is 12.3 Å². The number of hydrogen-bond acceptors (Lipinski definition) is 4. The van der Waals surface area contributed by atoms with Crippen LogP contribution >= 0.6 is 0 Å². The Morgan fingerprint density at radius 3 is 3.00 bits per heavy atom. The Hall–Kier alpha value is -0.900. The highest BCUT2D eigenvalue weighted by Crippen LogP contribution is 2.09. The lowest BCUT2D eigenvalue weighted by molar-refractivity contribution is 0.0947. The molecule has 0 aliphatic carbocycles. The van der Waals surface area contributed by atoms with E-state index in [0.29, 0.717) is 5.89 Å². The van der Waals surface area contributed by atoms with Gasteiger partial charge < -0.3 is 9.15 Å². The van der Waals surface area contributed by atoms with Gasteiger partial charge in [-0.15, -0.1) is 10.2 Å². The molecule has 0 aromatic carbocycles. The van der Waals surface area contributed by atoms with Gasteiger partial charge in [0.1, 0.15) is 6.10 Å². The van der Waals surface area contributed by atoms with Crippen molar-refractivity contribution in [1.29, 1.82) is 0 Å². The van der Waals surface area contributed by atoms with Crippen LogP contribution < -0.4 is 0 Å². The summed E-state index contributed by atoms with van der Waals surface area (Å²) in [6, 6.07) is 0. The average molecular weight is 128 g/mol. The van der Waals surface area contributed by atoms with Crippen molar-refractivity contribution in [1.82, 2.24) is 10.2 Å². The first-order valence-electron chi connectivity index (χ1n) is 2.63.